The molecule has 190 valence electrons. The number of fused-ring (bicyclic) bond motifs is 1. The molecule has 1 saturated carbocycles. The van der Waals surface area contributed by atoms with E-state index in [1.807, 2.05) is 29.2 Å². The number of nitrogens with zero attached hydrogens (tertiary/aromatic N) is 4. The highest BCUT2D eigenvalue weighted by atomic mass is 16.5. The van der Waals surface area contributed by atoms with Gasteiger partial charge in [-0.15, -0.1) is 0 Å². The number of amides is 2. The minimum absolute atomic E-state index is 0.0225. The molecule has 3 heterocycles. The van der Waals surface area contributed by atoms with Gasteiger partial charge in [-0.3, -0.25) is 9.59 Å². The smallest absolute Gasteiger partial charge is 0.272 e. The Labute approximate surface area is 209 Å². The van der Waals surface area contributed by atoms with Crippen molar-refractivity contribution in [2.45, 2.75) is 31.7 Å². The average Bonchev–Trinajstić information content (AvgIpc) is 3.38. The number of ether oxygens (including phenoxy) is 3. The van der Waals surface area contributed by atoms with Crippen molar-refractivity contribution in [1.82, 2.24) is 24.8 Å². The summed E-state index contributed by atoms with van der Waals surface area (Å²) in [7, 11) is 3.18. The van der Waals surface area contributed by atoms with Gasteiger partial charge in [0.05, 0.1) is 33.1 Å². The highest BCUT2D eigenvalue weighted by Gasteiger charge is 2.31. The highest BCUT2D eigenvalue weighted by Crippen LogP contribution is 2.32. The van der Waals surface area contributed by atoms with Gasteiger partial charge in [0.1, 0.15) is 0 Å². The Hall–Kier alpha value is -3.66. The molecule has 1 aromatic carbocycles. The summed E-state index contributed by atoms with van der Waals surface area (Å²) in [5.74, 6) is 1.25. The van der Waals surface area contributed by atoms with Crippen LogP contribution in [0.3, 0.4) is 0 Å². The molecular weight excluding hydrogens is 462 g/mol. The van der Waals surface area contributed by atoms with Crippen molar-refractivity contribution in [2.75, 3.05) is 40.5 Å². The molecule has 1 aliphatic carbocycles. The minimum atomic E-state index is -0.235. The van der Waals surface area contributed by atoms with E-state index in [9.17, 15) is 9.59 Å². The molecule has 2 aliphatic rings. The second-order valence-corrected chi connectivity index (χ2v) is 9.16. The zero-order chi connectivity index (χ0) is 25.1. The molecule has 0 radical (unpaired) electrons. The summed E-state index contributed by atoms with van der Waals surface area (Å²) in [5.41, 5.74) is 2.52. The van der Waals surface area contributed by atoms with Gasteiger partial charge in [-0.2, -0.15) is 5.10 Å². The van der Waals surface area contributed by atoms with Crippen molar-refractivity contribution in [3.8, 4) is 22.8 Å². The fourth-order valence-corrected chi connectivity index (χ4v) is 5.01. The van der Waals surface area contributed by atoms with E-state index < -0.39 is 0 Å². The van der Waals surface area contributed by atoms with Crippen molar-refractivity contribution >= 4 is 17.5 Å². The summed E-state index contributed by atoms with van der Waals surface area (Å²) in [6.07, 6.45) is 4.79. The first-order valence-corrected chi connectivity index (χ1v) is 12.3. The van der Waals surface area contributed by atoms with Gasteiger partial charge >= 0.3 is 0 Å². The van der Waals surface area contributed by atoms with Gasteiger partial charge in [0.25, 0.3) is 5.91 Å². The third kappa shape index (κ3) is 4.86. The molecule has 3 aromatic rings. The summed E-state index contributed by atoms with van der Waals surface area (Å²) in [4.78, 5) is 32.1. The third-order valence-electron chi connectivity index (χ3n) is 7.00. The van der Waals surface area contributed by atoms with E-state index >= 15 is 0 Å². The molecule has 2 fully saturated rings. The lowest BCUT2D eigenvalue weighted by molar-refractivity contribution is -0.140. The first-order chi connectivity index (χ1) is 17.6. The number of rotatable bonds is 6. The summed E-state index contributed by atoms with van der Waals surface area (Å²) in [6.45, 7) is 2.56. The predicted octanol–water partition coefficient (Wildman–Crippen LogP) is 2.56. The number of carbonyl (C=O) groups excluding carboxylic acids is 2. The Bertz CT molecular complexity index is 1240. The Balaban J connectivity index is 1.26. The molecule has 0 unspecified atom stereocenters. The molecule has 2 amide bonds. The van der Waals surface area contributed by atoms with Crippen LogP contribution in [0.5, 0.6) is 11.5 Å². The van der Waals surface area contributed by atoms with Crippen molar-refractivity contribution in [1.29, 1.82) is 0 Å². The van der Waals surface area contributed by atoms with Gasteiger partial charge in [0.2, 0.25) is 5.91 Å². The normalized spacial score (nSPS) is 20.2. The molecule has 10 heteroatoms. The first-order valence-electron chi connectivity index (χ1n) is 12.3. The molecule has 5 rings (SSSR count). The molecule has 0 atom stereocenters. The van der Waals surface area contributed by atoms with Crippen molar-refractivity contribution in [2.24, 2.45) is 5.92 Å². The second kappa shape index (κ2) is 10.5. The summed E-state index contributed by atoms with van der Waals surface area (Å²) in [5, 5.41) is 7.66. The van der Waals surface area contributed by atoms with E-state index in [1.165, 1.54) is 0 Å². The van der Waals surface area contributed by atoms with Gasteiger partial charge in [-0.1, -0.05) is 0 Å². The number of nitrogens with one attached hydrogen (secondary N) is 1. The number of benzene rings is 1. The fraction of sp³-hybridized carbons (Fsp3) is 0.462. The molecule has 1 aliphatic heterocycles. The first kappa shape index (κ1) is 24.1. The fourth-order valence-electron chi connectivity index (χ4n) is 5.01. The second-order valence-electron chi connectivity index (χ2n) is 9.16. The third-order valence-corrected chi connectivity index (χ3v) is 7.00. The van der Waals surface area contributed by atoms with Crippen LogP contribution in [-0.4, -0.2) is 77.9 Å². The standard InChI is InChI=1S/C26H31N5O5/c1-34-22-8-5-18(15-23(22)35-2)21-9-10-27-24-16-20(29-31(21)24)25(32)28-19-6-3-17(4-7-19)26(33)30-11-13-36-14-12-30/h5,8-10,15-17,19H,3-4,6-7,11-14H2,1-2H3,(H,28,32)/t17-,19+. The maximum Gasteiger partial charge on any atom is 0.272 e. The van der Waals surface area contributed by atoms with E-state index in [4.69, 9.17) is 14.2 Å². The number of hydrogen-bond donors (Lipinski definition) is 1. The summed E-state index contributed by atoms with van der Waals surface area (Å²) < 4.78 is 17.8. The van der Waals surface area contributed by atoms with E-state index in [0.717, 1.165) is 36.9 Å². The van der Waals surface area contributed by atoms with Crippen LogP contribution in [0.2, 0.25) is 0 Å². The Morgan fingerprint density at radius 3 is 2.47 bits per heavy atom. The predicted molar refractivity (Wildman–Crippen MR) is 132 cm³/mol. The Morgan fingerprint density at radius 1 is 1.00 bits per heavy atom. The maximum atomic E-state index is 13.0. The van der Waals surface area contributed by atoms with Crippen LogP contribution in [0, 0.1) is 5.92 Å². The van der Waals surface area contributed by atoms with E-state index in [2.05, 4.69) is 15.4 Å². The molecule has 0 bridgehead atoms. The van der Waals surface area contributed by atoms with Gasteiger partial charge in [0, 0.05) is 42.9 Å². The zero-order valence-corrected chi connectivity index (χ0v) is 20.6. The van der Waals surface area contributed by atoms with Gasteiger partial charge in [-0.25, -0.2) is 9.50 Å². The van der Waals surface area contributed by atoms with Crippen LogP contribution in [0.4, 0.5) is 0 Å². The minimum Gasteiger partial charge on any atom is -0.493 e. The van der Waals surface area contributed by atoms with Crippen LogP contribution in [-0.2, 0) is 9.53 Å². The monoisotopic (exact) mass is 493 g/mol. The van der Waals surface area contributed by atoms with Crippen molar-refractivity contribution < 1.29 is 23.8 Å². The highest BCUT2D eigenvalue weighted by molar-refractivity contribution is 5.93. The molecule has 36 heavy (non-hydrogen) atoms. The molecule has 10 nitrogen and oxygen atoms in total. The summed E-state index contributed by atoms with van der Waals surface area (Å²) >= 11 is 0. The lowest BCUT2D eigenvalue weighted by Gasteiger charge is -2.34. The van der Waals surface area contributed by atoms with Crippen LogP contribution >= 0.6 is 0 Å². The van der Waals surface area contributed by atoms with Gasteiger partial charge < -0.3 is 24.4 Å². The number of aromatic nitrogens is 3. The van der Waals surface area contributed by atoms with Crippen LogP contribution in [0.25, 0.3) is 16.9 Å². The SMILES string of the molecule is COc1ccc(-c2ccnc3cc(C(=O)N[C@H]4CC[C@@H](C(=O)N5CCOCC5)CC4)nn23)cc1OC. The maximum absolute atomic E-state index is 13.0. The van der Waals surface area contributed by atoms with E-state index in [0.29, 0.717) is 49.1 Å². The summed E-state index contributed by atoms with van der Waals surface area (Å²) in [6, 6.07) is 9.16. The molecular formula is C26H31N5O5. The van der Waals surface area contributed by atoms with Crippen molar-refractivity contribution in [3.63, 3.8) is 0 Å². The molecule has 2 aromatic heterocycles. The number of morpholine rings is 1. The molecule has 1 saturated heterocycles. The Morgan fingerprint density at radius 2 is 1.75 bits per heavy atom. The quantitative estimate of drug-likeness (QED) is 0.562. The lowest BCUT2D eigenvalue weighted by Crippen LogP contribution is -2.46. The van der Waals surface area contributed by atoms with Gasteiger partial charge in [0.15, 0.2) is 22.8 Å². The van der Waals surface area contributed by atoms with Crippen LogP contribution in [0.15, 0.2) is 36.5 Å². The molecule has 1 N–H and O–H groups in total. The van der Waals surface area contributed by atoms with Crippen molar-refractivity contribution in [3.05, 3.63) is 42.2 Å². The van der Waals surface area contributed by atoms with Gasteiger partial charge in [-0.05, 0) is 49.9 Å². The molecule has 0 spiro atoms. The number of carbonyl (C=O) groups is 2. The topological polar surface area (TPSA) is 107 Å². The number of methoxy groups -OCH3 is 2. The van der Waals surface area contributed by atoms with Crippen LogP contribution in [0.1, 0.15) is 36.2 Å². The average molecular weight is 494 g/mol. The van der Waals surface area contributed by atoms with E-state index in [1.54, 1.807) is 31.0 Å². The van der Waals surface area contributed by atoms with E-state index in [-0.39, 0.29) is 23.8 Å². The number of hydrogen-bond acceptors (Lipinski definition) is 7. The largest absolute Gasteiger partial charge is 0.493 e. The zero-order valence-electron chi connectivity index (χ0n) is 20.6. The van der Waals surface area contributed by atoms with Crippen LogP contribution < -0.4 is 14.8 Å². The lowest BCUT2D eigenvalue weighted by atomic mass is 9.85. The Kier molecular flexibility index (Phi) is 7.04.